The summed E-state index contributed by atoms with van der Waals surface area (Å²) < 4.78 is 5.43. The van der Waals surface area contributed by atoms with Gasteiger partial charge in [0, 0.05) is 18.6 Å². The SMILES string of the molecule is N#CCC1(N2CCOCC2)[C@@H]2CCCC[C@@H]21. The van der Waals surface area contributed by atoms with Crippen LogP contribution in [0.4, 0.5) is 0 Å². The number of rotatable bonds is 2. The summed E-state index contributed by atoms with van der Waals surface area (Å²) in [7, 11) is 0. The van der Waals surface area contributed by atoms with Crippen molar-refractivity contribution < 1.29 is 4.74 Å². The molecule has 3 nitrogen and oxygen atoms in total. The zero-order valence-electron chi connectivity index (χ0n) is 9.82. The molecule has 0 amide bonds. The largest absolute Gasteiger partial charge is 0.379 e. The fraction of sp³-hybridized carbons (Fsp3) is 0.923. The summed E-state index contributed by atoms with van der Waals surface area (Å²) >= 11 is 0. The third-order valence-corrected chi connectivity index (χ3v) is 4.90. The van der Waals surface area contributed by atoms with Crippen molar-refractivity contribution >= 4 is 0 Å². The third kappa shape index (κ3) is 1.40. The van der Waals surface area contributed by atoms with Gasteiger partial charge in [0.2, 0.25) is 0 Å². The molecule has 1 saturated heterocycles. The van der Waals surface area contributed by atoms with Gasteiger partial charge in [0.15, 0.2) is 0 Å². The summed E-state index contributed by atoms with van der Waals surface area (Å²) in [4.78, 5) is 2.57. The van der Waals surface area contributed by atoms with E-state index >= 15 is 0 Å². The van der Waals surface area contributed by atoms with E-state index in [4.69, 9.17) is 10.00 Å². The van der Waals surface area contributed by atoms with Gasteiger partial charge in [-0.3, -0.25) is 4.90 Å². The lowest BCUT2D eigenvalue weighted by Gasteiger charge is -2.35. The maximum absolute atomic E-state index is 9.11. The Kier molecular flexibility index (Phi) is 2.65. The van der Waals surface area contributed by atoms with Crippen LogP contribution in [0.1, 0.15) is 32.1 Å². The number of ether oxygens (including phenoxy) is 1. The van der Waals surface area contributed by atoms with Crippen molar-refractivity contribution in [2.45, 2.75) is 37.6 Å². The molecule has 2 aliphatic carbocycles. The summed E-state index contributed by atoms with van der Waals surface area (Å²) in [6, 6.07) is 2.44. The maximum Gasteiger partial charge on any atom is 0.0641 e. The van der Waals surface area contributed by atoms with Gasteiger partial charge in [-0.25, -0.2) is 0 Å². The second-order valence-electron chi connectivity index (χ2n) is 5.42. The average Bonchev–Trinajstić information content (AvgIpc) is 3.01. The van der Waals surface area contributed by atoms with Gasteiger partial charge >= 0.3 is 0 Å². The molecule has 2 saturated carbocycles. The van der Waals surface area contributed by atoms with E-state index in [1.165, 1.54) is 25.7 Å². The molecular weight excluding hydrogens is 200 g/mol. The minimum atomic E-state index is 0.259. The van der Waals surface area contributed by atoms with Crippen LogP contribution in [0, 0.1) is 23.2 Å². The molecule has 1 aliphatic heterocycles. The van der Waals surface area contributed by atoms with E-state index in [-0.39, 0.29) is 5.54 Å². The number of nitrogens with zero attached hydrogens (tertiary/aromatic N) is 2. The van der Waals surface area contributed by atoms with Crippen molar-refractivity contribution in [3.8, 4) is 6.07 Å². The van der Waals surface area contributed by atoms with E-state index in [0.717, 1.165) is 44.6 Å². The first-order chi connectivity index (χ1) is 7.89. The Morgan fingerprint density at radius 3 is 2.38 bits per heavy atom. The van der Waals surface area contributed by atoms with Crippen LogP contribution in [0.25, 0.3) is 0 Å². The van der Waals surface area contributed by atoms with E-state index in [9.17, 15) is 0 Å². The smallest absolute Gasteiger partial charge is 0.0641 e. The highest BCUT2D eigenvalue weighted by atomic mass is 16.5. The first-order valence-electron chi connectivity index (χ1n) is 6.59. The first kappa shape index (κ1) is 10.6. The lowest BCUT2D eigenvalue weighted by atomic mass is 10.0. The summed E-state index contributed by atoms with van der Waals surface area (Å²) in [6.45, 7) is 3.78. The van der Waals surface area contributed by atoms with Crippen molar-refractivity contribution in [1.82, 2.24) is 4.90 Å². The van der Waals surface area contributed by atoms with Gasteiger partial charge in [-0.05, 0) is 24.7 Å². The van der Waals surface area contributed by atoms with Gasteiger partial charge in [0.25, 0.3) is 0 Å². The van der Waals surface area contributed by atoms with Crippen molar-refractivity contribution in [2.24, 2.45) is 11.8 Å². The molecule has 0 N–H and O–H groups in total. The van der Waals surface area contributed by atoms with Gasteiger partial charge in [0.1, 0.15) is 0 Å². The lowest BCUT2D eigenvalue weighted by molar-refractivity contribution is 0.00301. The van der Waals surface area contributed by atoms with Crippen LogP contribution < -0.4 is 0 Å². The molecule has 0 aromatic carbocycles. The second kappa shape index (κ2) is 4.01. The van der Waals surface area contributed by atoms with Crippen LogP contribution in [-0.2, 0) is 4.74 Å². The van der Waals surface area contributed by atoms with Gasteiger partial charge in [0.05, 0.1) is 25.7 Å². The predicted molar refractivity (Wildman–Crippen MR) is 60.8 cm³/mol. The molecule has 0 bridgehead atoms. The van der Waals surface area contributed by atoms with E-state index in [0.29, 0.717) is 0 Å². The number of fused-ring (bicyclic) bond motifs is 1. The monoisotopic (exact) mass is 220 g/mol. The summed E-state index contributed by atoms with van der Waals surface area (Å²) in [5.74, 6) is 1.64. The Morgan fingerprint density at radius 2 is 1.81 bits per heavy atom. The number of nitriles is 1. The van der Waals surface area contributed by atoms with Crippen molar-refractivity contribution in [3.05, 3.63) is 0 Å². The zero-order chi connectivity index (χ0) is 11.0. The summed E-state index contributed by atoms with van der Waals surface area (Å²) in [5.41, 5.74) is 0.259. The van der Waals surface area contributed by atoms with Crippen LogP contribution in [-0.4, -0.2) is 36.7 Å². The Hall–Kier alpha value is -0.590. The molecule has 16 heavy (non-hydrogen) atoms. The molecule has 0 radical (unpaired) electrons. The van der Waals surface area contributed by atoms with E-state index in [1.54, 1.807) is 0 Å². The first-order valence-corrected chi connectivity index (χ1v) is 6.59. The molecular formula is C13H20N2O. The Bertz CT molecular complexity index is 292. The molecule has 88 valence electrons. The van der Waals surface area contributed by atoms with Gasteiger partial charge < -0.3 is 4.74 Å². The second-order valence-corrected chi connectivity index (χ2v) is 5.42. The standard InChI is InChI=1S/C13H20N2O/c14-6-5-13(15-7-9-16-10-8-15)11-3-1-2-4-12(11)13/h11-12H,1-5,7-10H2/t11-,12+,13?. The van der Waals surface area contributed by atoms with Gasteiger partial charge in [-0.2, -0.15) is 5.26 Å². The van der Waals surface area contributed by atoms with Gasteiger partial charge in [-0.1, -0.05) is 12.8 Å². The van der Waals surface area contributed by atoms with Crippen LogP contribution in [0.3, 0.4) is 0 Å². The topological polar surface area (TPSA) is 36.3 Å². The number of hydrogen-bond acceptors (Lipinski definition) is 3. The summed E-state index contributed by atoms with van der Waals surface area (Å²) in [5, 5.41) is 9.11. The molecule has 3 atom stereocenters. The van der Waals surface area contributed by atoms with Crippen molar-refractivity contribution in [1.29, 1.82) is 5.26 Å². The normalized spacial score (nSPS) is 43.4. The zero-order valence-corrected chi connectivity index (χ0v) is 9.82. The number of hydrogen-bond donors (Lipinski definition) is 0. The van der Waals surface area contributed by atoms with Crippen LogP contribution in [0.2, 0.25) is 0 Å². The van der Waals surface area contributed by atoms with Crippen LogP contribution in [0.15, 0.2) is 0 Å². The van der Waals surface area contributed by atoms with Crippen LogP contribution >= 0.6 is 0 Å². The molecule has 3 aliphatic rings. The van der Waals surface area contributed by atoms with E-state index in [1.807, 2.05) is 0 Å². The number of morpholine rings is 1. The predicted octanol–water partition coefficient (Wildman–Crippen LogP) is 1.79. The fourth-order valence-electron chi connectivity index (χ4n) is 4.17. The quantitative estimate of drug-likeness (QED) is 0.712. The highest BCUT2D eigenvalue weighted by Gasteiger charge is 2.66. The molecule has 1 unspecified atom stereocenters. The molecule has 0 aromatic heterocycles. The van der Waals surface area contributed by atoms with E-state index < -0.39 is 0 Å². The Labute approximate surface area is 97.4 Å². The van der Waals surface area contributed by atoms with Gasteiger partial charge in [-0.15, -0.1) is 0 Å². The maximum atomic E-state index is 9.11. The van der Waals surface area contributed by atoms with Crippen molar-refractivity contribution in [3.63, 3.8) is 0 Å². The Morgan fingerprint density at radius 1 is 1.19 bits per heavy atom. The molecule has 3 heteroatoms. The Balaban J connectivity index is 1.78. The van der Waals surface area contributed by atoms with Crippen LogP contribution in [0.5, 0.6) is 0 Å². The minimum absolute atomic E-state index is 0.259. The van der Waals surface area contributed by atoms with E-state index in [2.05, 4.69) is 11.0 Å². The third-order valence-electron chi connectivity index (χ3n) is 4.90. The minimum Gasteiger partial charge on any atom is -0.379 e. The highest BCUT2D eigenvalue weighted by molar-refractivity contribution is 5.22. The molecule has 3 fully saturated rings. The fourth-order valence-corrected chi connectivity index (χ4v) is 4.17. The average molecular weight is 220 g/mol. The highest BCUT2D eigenvalue weighted by Crippen LogP contribution is 2.63. The van der Waals surface area contributed by atoms with Crippen molar-refractivity contribution in [2.75, 3.05) is 26.3 Å². The lowest BCUT2D eigenvalue weighted by Crippen LogP contribution is -2.47. The molecule has 0 aromatic rings. The summed E-state index contributed by atoms with van der Waals surface area (Å²) in [6.07, 6.45) is 6.19. The molecule has 1 heterocycles. The molecule has 3 rings (SSSR count). The molecule has 0 spiro atoms.